The van der Waals surface area contributed by atoms with Gasteiger partial charge in [0.1, 0.15) is 17.4 Å². The summed E-state index contributed by atoms with van der Waals surface area (Å²) < 4.78 is 49.8. The highest BCUT2D eigenvalue weighted by Crippen LogP contribution is 2.59. The Bertz CT molecular complexity index is 491. The Kier molecular flexibility index (Phi) is 5.89. The van der Waals surface area contributed by atoms with Crippen LogP contribution in [0.3, 0.4) is 0 Å². The van der Waals surface area contributed by atoms with Crippen LogP contribution in [-0.4, -0.2) is 13.2 Å². The molecular formula is C11H15ClF2NO3P. The van der Waals surface area contributed by atoms with Gasteiger partial charge in [0.15, 0.2) is 0 Å². The van der Waals surface area contributed by atoms with E-state index < -0.39 is 30.6 Å². The largest absolute Gasteiger partial charge is 0.351 e. The minimum absolute atomic E-state index is 0.0365. The molecule has 0 aliphatic rings. The van der Waals surface area contributed by atoms with E-state index in [2.05, 4.69) is 0 Å². The van der Waals surface area contributed by atoms with Gasteiger partial charge >= 0.3 is 7.60 Å². The second kappa shape index (κ2) is 6.77. The van der Waals surface area contributed by atoms with Gasteiger partial charge in [0.2, 0.25) is 0 Å². The van der Waals surface area contributed by atoms with Crippen molar-refractivity contribution < 1.29 is 22.4 Å². The Balaban J connectivity index is 3.28. The average Bonchev–Trinajstić information content (AvgIpc) is 2.35. The molecule has 0 saturated carbocycles. The topological polar surface area (TPSA) is 61.5 Å². The van der Waals surface area contributed by atoms with Crippen LogP contribution in [0.25, 0.3) is 0 Å². The monoisotopic (exact) mass is 313 g/mol. The van der Waals surface area contributed by atoms with Gasteiger partial charge in [-0.1, -0.05) is 11.6 Å². The Morgan fingerprint density at radius 1 is 1.32 bits per heavy atom. The molecule has 0 radical (unpaired) electrons. The van der Waals surface area contributed by atoms with Crippen molar-refractivity contribution in [3.63, 3.8) is 0 Å². The number of benzene rings is 1. The van der Waals surface area contributed by atoms with Gasteiger partial charge in [0.25, 0.3) is 0 Å². The molecule has 2 N–H and O–H groups in total. The summed E-state index contributed by atoms with van der Waals surface area (Å²) in [6, 6.07) is 2.00. The average molecular weight is 314 g/mol. The van der Waals surface area contributed by atoms with E-state index in [1.54, 1.807) is 13.8 Å². The van der Waals surface area contributed by atoms with E-state index in [1.165, 1.54) is 0 Å². The highest BCUT2D eigenvalue weighted by molar-refractivity contribution is 7.54. The predicted octanol–water partition coefficient (Wildman–Crippen LogP) is 3.84. The Labute approximate surface area is 115 Å². The summed E-state index contributed by atoms with van der Waals surface area (Å²) >= 11 is 5.57. The first-order valence-electron chi connectivity index (χ1n) is 5.65. The summed E-state index contributed by atoms with van der Waals surface area (Å²) in [6.07, 6.45) is 0. The molecule has 0 aliphatic carbocycles. The standard InChI is InChI=1S/C11H15ClF2NO3P/c1-3-17-19(16,18-4-2)11(15)9-8(13)6-5-7(12)10(9)14/h5-6,11H,3-4,15H2,1-2H3/t11-/m0/s1. The van der Waals surface area contributed by atoms with Crippen LogP contribution in [0.4, 0.5) is 8.78 Å². The Hall–Kier alpha value is -0.520. The Morgan fingerprint density at radius 2 is 1.84 bits per heavy atom. The first-order chi connectivity index (χ1) is 8.87. The molecule has 1 atom stereocenters. The van der Waals surface area contributed by atoms with Gasteiger partial charge in [-0.25, -0.2) is 8.78 Å². The molecule has 8 heteroatoms. The van der Waals surface area contributed by atoms with Crippen LogP contribution < -0.4 is 5.73 Å². The molecule has 0 fully saturated rings. The summed E-state index contributed by atoms with van der Waals surface area (Å²) in [4.78, 5) is 0. The minimum Gasteiger partial charge on any atom is -0.314 e. The number of hydrogen-bond donors (Lipinski definition) is 1. The van der Waals surface area contributed by atoms with Gasteiger partial charge in [-0.3, -0.25) is 4.57 Å². The van der Waals surface area contributed by atoms with Crippen LogP contribution in [0.2, 0.25) is 5.02 Å². The van der Waals surface area contributed by atoms with Crippen LogP contribution in [0.1, 0.15) is 25.2 Å². The van der Waals surface area contributed by atoms with Gasteiger partial charge < -0.3 is 14.8 Å². The van der Waals surface area contributed by atoms with Crippen molar-refractivity contribution in [1.82, 2.24) is 0 Å². The third-order valence-electron chi connectivity index (χ3n) is 2.33. The lowest BCUT2D eigenvalue weighted by Crippen LogP contribution is -2.18. The molecule has 0 spiro atoms. The molecule has 0 aromatic heterocycles. The van der Waals surface area contributed by atoms with E-state index >= 15 is 0 Å². The maximum atomic E-state index is 13.8. The molecular weight excluding hydrogens is 299 g/mol. The van der Waals surface area contributed by atoms with Crippen molar-refractivity contribution >= 4 is 19.2 Å². The highest BCUT2D eigenvalue weighted by Gasteiger charge is 2.38. The summed E-state index contributed by atoms with van der Waals surface area (Å²) in [6.45, 7) is 3.22. The second-order valence-electron chi connectivity index (χ2n) is 3.58. The molecule has 0 amide bonds. The smallest absolute Gasteiger partial charge is 0.314 e. The lowest BCUT2D eigenvalue weighted by molar-refractivity contribution is 0.211. The molecule has 108 valence electrons. The van der Waals surface area contributed by atoms with E-state index in [1.807, 2.05) is 0 Å². The molecule has 0 aliphatic heterocycles. The Morgan fingerprint density at radius 3 is 2.32 bits per heavy atom. The van der Waals surface area contributed by atoms with Crippen molar-refractivity contribution in [2.24, 2.45) is 5.73 Å². The van der Waals surface area contributed by atoms with E-state index in [0.29, 0.717) is 0 Å². The normalized spacial score (nSPS) is 13.6. The summed E-state index contributed by atoms with van der Waals surface area (Å²) in [5, 5.41) is -0.314. The van der Waals surface area contributed by atoms with Gasteiger partial charge in [-0.15, -0.1) is 0 Å². The fourth-order valence-electron chi connectivity index (χ4n) is 1.53. The van der Waals surface area contributed by atoms with E-state index in [-0.39, 0.29) is 18.2 Å². The number of rotatable bonds is 6. The van der Waals surface area contributed by atoms with Crippen LogP contribution in [-0.2, 0) is 13.6 Å². The molecule has 1 aromatic rings. The van der Waals surface area contributed by atoms with Gasteiger partial charge in [-0.2, -0.15) is 0 Å². The van der Waals surface area contributed by atoms with Crippen LogP contribution in [0, 0.1) is 11.6 Å². The maximum absolute atomic E-state index is 13.8. The third-order valence-corrected chi connectivity index (χ3v) is 4.80. The summed E-state index contributed by atoms with van der Waals surface area (Å²) in [5.41, 5.74) is 5.07. The highest BCUT2D eigenvalue weighted by atomic mass is 35.5. The molecule has 1 aromatic carbocycles. The van der Waals surface area contributed by atoms with Crippen LogP contribution >= 0.6 is 19.2 Å². The molecule has 19 heavy (non-hydrogen) atoms. The van der Waals surface area contributed by atoms with Gasteiger partial charge in [-0.05, 0) is 26.0 Å². The molecule has 4 nitrogen and oxygen atoms in total. The molecule has 1 rings (SSSR count). The zero-order chi connectivity index (χ0) is 14.6. The molecule has 0 bridgehead atoms. The fraction of sp³-hybridized carbons (Fsp3) is 0.455. The van der Waals surface area contributed by atoms with Gasteiger partial charge in [0.05, 0.1) is 23.8 Å². The van der Waals surface area contributed by atoms with Crippen LogP contribution in [0.15, 0.2) is 12.1 Å². The maximum Gasteiger partial charge on any atom is 0.351 e. The first kappa shape index (κ1) is 16.5. The predicted molar refractivity (Wildman–Crippen MR) is 69.2 cm³/mol. The summed E-state index contributed by atoms with van der Waals surface area (Å²) in [5.74, 6) is -3.59. The van der Waals surface area contributed by atoms with E-state index in [4.69, 9.17) is 26.4 Å². The van der Waals surface area contributed by atoms with Gasteiger partial charge in [0, 0.05) is 0 Å². The number of nitrogens with two attached hydrogens (primary N) is 1. The van der Waals surface area contributed by atoms with Crippen molar-refractivity contribution in [3.05, 3.63) is 34.4 Å². The van der Waals surface area contributed by atoms with Crippen molar-refractivity contribution in [1.29, 1.82) is 0 Å². The number of hydrogen-bond acceptors (Lipinski definition) is 4. The second-order valence-corrected chi connectivity index (χ2v) is 6.14. The lowest BCUT2D eigenvalue weighted by atomic mass is 10.2. The molecule has 0 unspecified atom stereocenters. The fourth-order valence-corrected chi connectivity index (χ4v) is 3.36. The zero-order valence-electron chi connectivity index (χ0n) is 10.5. The molecule has 0 saturated heterocycles. The van der Waals surface area contributed by atoms with Crippen molar-refractivity contribution in [2.45, 2.75) is 19.6 Å². The quantitative estimate of drug-likeness (QED) is 0.640. The van der Waals surface area contributed by atoms with Crippen LogP contribution in [0.5, 0.6) is 0 Å². The van der Waals surface area contributed by atoms with Crippen molar-refractivity contribution in [3.8, 4) is 0 Å². The van der Waals surface area contributed by atoms with E-state index in [0.717, 1.165) is 12.1 Å². The SMILES string of the molecule is CCOP(=O)(OCC)[C@H](N)c1c(F)ccc(Cl)c1F. The zero-order valence-corrected chi connectivity index (χ0v) is 12.2. The lowest BCUT2D eigenvalue weighted by Gasteiger charge is -2.24. The summed E-state index contributed by atoms with van der Waals surface area (Å²) in [7, 11) is -3.87. The molecule has 0 heterocycles. The van der Waals surface area contributed by atoms with Crippen molar-refractivity contribution in [2.75, 3.05) is 13.2 Å². The number of halogens is 3. The third kappa shape index (κ3) is 3.52. The minimum atomic E-state index is -3.87. The van der Waals surface area contributed by atoms with E-state index in [9.17, 15) is 13.3 Å². The first-order valence-corrected chi connectivity index (χ1v) is 7.64.